The Hall–Kier alpha value is -2.88. The van der Waals surface area contributed by atoms with Gasteiger partial charge in [0.1, 0.15) is 0 Å². The largest absolute Gasteiger partial charge is 0.349 e. The van der Waals surface area contributed by atoms with Gasteiger partial charge in [0.15, 0.2) is 0 Å². The van der Waals surface area contributed by atoms with Gasteiger partial charge >= 0.3 is 0 Å². The summed E-state index contributed by atoms with van der Waals surface area (Å²) in [6, 6.07) is 19.3. The van der Waals surface area contributed by atoms with Gasteiger partial charge in [0, 0.05) is 17.4 Å². The molecule has 8 atom stereocenters. The van der Waals surface area contributed by atoms with Gasteiger partial charge in [-0.3, -0.25) is 9.59 Å². The first-order valence-electron chi connectivity index (χ1n) is 14.7. The number of rotatable bonds is 5. The summed E-state index contributed by atoms with van der Waals surface area (Å²) in [7, 11) is 0. The summed E-state index contributed by atoms with van der Waals surface area (Å²) in [4.78, 5) is 26.1. The highest BCUT2D eigenvalue weighted by Crippen LogP contribution is 2.65. The second-order valence-electron chi connectivity index (χ2n) is 13.1. The van der Waals surface area contributed by atoms with Crippen molar-refractivity contribution >= 4 is 11.8 Å². The van der Waals surface area contributed by atoms with E-state index in [0.717, 1.165) is 44.9 Å². The lowest BCUT2D eigenvalue weighted by molar-refractivity contribution is -0.134. The average Bonchev–Trinajstić information content (AvgIpc) is 3.28. The van der Waals surface area contributed by atoms with E-state index < -0.39 is 0 Å². The molecule has 0 unspecified atom stereocenters. The maximum Gasteiger partial charge on any atom is 0.243 e. The van der Waals surface area contributed by atoms with Crippen molar-refractivity contribution in [2.45, 2.75) is 77.8 Å². The quantitative estimate of drug-likeness (QED) is 0.495. The first-order chi connectivity index (χ1) is 18.3. The molecule has 4 heteroatoms. The van der Waals surface area contributed by atoms with Gasteiger partial charge in [0.2, 0.25) is 11.8 Å². The SMILES string of the molecule is Cc1ccc(C[C@H](NC(=O)[C@H]2CC[C@H]3[C@@H]4CC[C@H]5NC(=O)C=C[C@]5(C)[C@H]4CC[C@]23C)c2ccccc2)cc1. The Kier molecular flexibility index (Phi) is 6.48. The van der Waals surface area contributed by atoms with Gasteiger partial charge in [0.25, 0.3) is 0 Å². The summed E-state index contributed by atoms with van der Waals surface area (Å²) in [5.41, 5.74) is 3.75. The zero-order valence-corrected chi connectivity index (χ0v) is 23.1. The fraction of sp³-hybridized carbons (Fsp3) is 0.529. The van der Waals surface area contributed by atoms with E-state index in [0.29, 0.717) is 17.8 Å². The van der Waals surface area contributed by atoms with E-state index in [2.05, 4.69) is 86.0 Å². The lowest BCUT2D eigenvalue weighted by Crippen LogP contribution is -2.59. The highest BCUT2D eigenvalue weighted by molar-refractivity contribution is 5.89. The molecule has 200 valence electrons. The minimum absolute atomic E-state index is 0.0317. The topological polar surface area (TPSA) is 58.2 Å². The van der Waals surface area contributed by atoms with Crippen LogP contribution >= 0.6 is 0 Å². The third kappa shape index (κ3) is 4.30. The predicted molar refractivity (Wildman–Crippen MR) is 151 cm³/mol. The Labute approximate surface area is 227 Å². The molecular weight excluding hydrogens is 468 g/mol. The van der Waals surface area contributed by atoms with E-state index >= 15 is 0 Å². The highest BCUT2D eigenvalue weighted by atomic mass is 16.2. The van der Waals surface area contributed by atoms with Crippen LogP contribution in [0.4, 0.5) is 0 Å². The van der Waals surface area contributed by atoms with Crippen LogP contribution in [0.25, 0.3) is 0 Å². The Balaban J connectivity index is 1.21. The Morgan fingerprint density at radius 2 is 1.74 bits per heavy atom. The van der Waals surface area contributed by atoms with Crippen molar-refractivity contribution in [3.8, 4) is 0 Å². The molecule has 2 aromatic rings. The van der Waals surface area contributed by atoms with Crippen LogP contribution in [0, 0.1) is 41.4 Å². The Bertz CT molecular complexity index is 1220. The minimum atomic E-state index is -0.0317. The third-order valence-electron chi connectivity index (χ3n) is 11.1. The number of amides is 2. The molecule has 1 aliphatic heterocycles. The van der Waals surface area contributed by atoms with Crippen LogP contribution in [0.3, 0.4) is 0 Å². The Morgan fingerprint density at radius 1 is 0.974 bits per heavy atom. The standard InChI is InChI=1S/C34H42N2O2/c1-22-9-11-23(12-10-22)21-29(24-7-5-4-6-8-24)35-32(38)28-15-14-26-25-13-16-30-34(3,20-18-31(37)36-30)27(25)17-19-33(26,28)2/h4-12,18,20,25-30H,13-17,19,21H2,1-3H3,(H,35,38)(H,36,37)/t25-,26-,27-,28+,29-,30+,33-,34+/m0/s1. The van der Waals surface area contributed by atoms with Crippen molar-refractivity contribution in [2.75, 3.05) is 0 Å². The van der Waals surface area contributed by atoms with Crippen LogP contribution in [0.2, 0.25) is 0 Å². The molecule has 3 aliphatic carbocycles. The molecular formula is C34H42N2O2. The van der Waals surface area contributed by atoms with Crippen LogP contribution in [0.15, 0.2) is 66.7 Å². The molecule has 2 N–H and O–H groups in total. The zero-order valence-electron chi connectivity index (χ0n) is 23.1. The number of carbonyl (C=O) groups excluding carboxylic acids is 2. The van der Waals surface area contributed by atoms with Crippen LogP contribution < -0.4 is 10.6 Å². The second-order valence-corrected chi connectivity index (χ2v) is 13.1. The van der Waals surface area contributed by atoms with E-state index in [4.69, 9.17) is 0 Å². The van der Waals surface area contributed by atoms with E-state index in [9.17, 15) is 9.59 Å². The van der Waals surface area contributed by atoms with E-state index in [1.807, 2.05) is 6.07 Å². The molecule has 4 nitrogen and oxygen atoms in total. The van der Waals surface area contributed by atoms with Crippen molar-refractivity contribution in [1.29, 1.82) is 0 Å². The molecule has 0 aromatic heterocycles. The summed E-state index contributed by atoms with van der Waals surface area (Å²) < 4.78 is 0. The molecule has 6 rings (SSSR count). The Morgan fingerprint density at radius 3 is 2.50 bits per heavy atom. The average molecular weight is 511 g/mol. The highest BCUT2D eigenvalue weighted by Gasteiger charge is 2.60. The fourth-order valence-electron chi connectivity index (χ4n) is 8.93. The van der Waals surface area contributed by atoms with Gasteiger partial charge in [-0.15, -0.1) is 0 Å². The summed E-state index contributed by atoms with van der Waals surface area (Å²) >= 11 is 0. The summed E-state index contributed by atoms with van der Waals surface area (Å²) in [6.45, 7) is 6.89. The molecule has 0 radical (unpaired) electrons. The first kappa shape index (κ1) is 25.4. The zero-order chi connectivity index (χ0) is 26.5. The number of fused-ring (bicyclic) bond motifs is 5. The van der Waals surface area contributed by atoms with Crippen LogP contribution in [-0.2, 0) is 16.0 Å². The van der Waals surface area contributed by atoms with Gasteiger partial charge < -0.3 is 10.6 Å². The second kappa shape index (κ2) is 9.70. The minimum Gasteiger partial charge on any atom is -0.349 e. The normalized spacial score (nSPS) is 36.4. The van der Waals surface area contributed by atoms with Gasteiger partial charge in [0.05, 0.1) is 6.04 Å². The molecule has 2 amide bonds. The maximum absolute atomic E-state index is 14.1. The van der Waals surface area contributed by atoms with Gasteiger partial charge in [-0.25, -0.2) is 0 Å². The van der Waals surface area contributed by atoms with Crippen LogP contribution in [-0.4, -0.2) is 17.9 Å². The molecule has 1 heterocycles. The van der Waals surface area contributed by atoms with Crippen molar-refractivity contribution in [1.82, 2.24) is 10.6 Å². The number of hydrogen-bond donors (Lipinski definition) is 2. The van der Waals surface area contributed by atoms with Crippen molar-refractivity contribution in [3.05, 3.63) is 83.4 Å². The molecule has 0 saturated heterocycles. The summed E-state index contributed by atoms with van der Waals surface area (Å²) in [5, 5.41) is 6.79. The lowest BCUT2D eigenvalue weighted by atomic mass is 9.48. The number of aryl methyl sites for hydroxylation is 1. The van der Waals surface area contributed by atoms with Gasteiger partial charge in [-0.2, -0.15) is 0 Å². The fourth-order valence-corrected chi connectivity index (χ4v) is 8.93. The molecule has 0 spiro atoms. The van der Waals surface area contributed by atoms with Crippen molar-refractivity contribution < 1.29 is 9.59 Å². The monoisotopic (exact) mass is 510 g/mol. The van der Waals surface area contributed by atoms with Crippen LogP contribution in [0.5, 0.6) is 0 Å². The summed E-state index contributed by atoms with van der Waals surface area (Å²) in [5.74, 6) is 2.14. The van der Waals surface area contributed by atoms with E-state index in [1.54, 1.807) is 6.08 Å². The van der Waals surface area contributed by atoms with Gasteiger partial charge in [-0.1, -0.05) is 80.1 Å². The van der Waals surface area contributed by atoms with E-state index in [1.165, 1.54) is 16.7 Å². The summed E-state index contributed by atoms with van der Waals surface area (Å²) in [6.07, 6.45) is 11.3. The molecule has 4 aliphatic rings. The van der Waals surface area contributed by atoms with Crippen molar-refractivity contribution in [3.63, 3.8) is 0 Å². The number of nitrogens with one attached hydrogen (secondary N) is 2. The number of carbonyl (C=O) groups is 2. The van der Waals surface area contributed by atoms with E-state index in [-0.39, 0.29) is 40.6 Å². The third-order valence-corrected chi connectivity index (χ3v) is 11.1. The van der Waals surface area contributed by atoms with Crippen molar-refractivity contribution in [2.24, 2.45) is 34.5 Å². The first-order valence-corrected chi connectivity index (χ1v) is 14.7. The van der Waals surface area contributed by atoms with Gasteiger partial charge in [-0.05, 0) is 92.2 Å². The molecule has 38 heavy (non-hydrogen) atoms. The number of hydrogen-bond acceptors (Lipinski definition) is 2. The molecule has 0 bridgehead atoms. The molecule has 2 aromatic carbocycles. The molecule has 3 saturated carbocycles. The smallest absolute Gasteiger partial charge is 0.243 e. The lowest BCUT2D eigenvalue weighted by Gasteiger charge is -2.58. The number of benzene rings is 2. The van der Waals surface area contributed by atoms with Crippen LogP contribution in [0.1, 0.15) is 75.1 Å². The predicted octanol–water partition coefficient (Wildman–Crippen LogP) is 6.31. The molecule has 3 fully saturated rings. The maximum atomic E-state index is 14.1.